The lowest BCUT2D eigenvalue weighted by atomic mass is 9.80. The summed E-state index contributed by atoms with van der Waals surface area (Å²) in [6, 6.07) is 14.3. The van der Waals surface area contributed by atoms with Crippen molar-refractivity contribution >= 4 is 35.2 Å². The molecule has 0 spiro atoms. The molecule has 0 N–H and O–H groups in total. The van der Waals surface area contributed by atoms with E-state index >= 15 is 0 Å². The number of aryl methyl sites for hydroxylation is 2. The maximum atomic E-state index is 9.95. The summed E-state index contributed by atoms with van der Waals surface area (Å²) in [5.74, 6) is 0.694. The summed E-state index contributed by atoms with van der Waals surface area (Å²) in [6.07, 6.45) is 1.84. The topological polar surface area (TPSA) is 61.5 Å². The van der Waals surface area contributed by atoms with Gasteiger partial charge >= 0.3 is 0 Å². The highest BCUT2D eigenvalue weighted by Crippen LogP contribution is 2.41. The average molecular weight is 481 g/mol. The Morgan fingerprint density at radius 3 is 2.45 bits per heavy atom. The molecule has 0 saturated heterocycles. The fourth-order valence-electron chi connectivity index (χ4n) is 3.28. The highest BCUT2D eigenvalue weighted by Gasteiger charge is 2.31. The number of rotatable bonds is 7. The van der Waals surface area contributed by atoms with Gasteiger partial charge in [-0.25, -0.2) is 4.99 Å². The van der Waals surface area contributed by atoms with Crippen molar-refractivity contribution in [2.45, 2.75) is 53.0 Å². The minimum atomic E-state index is -0.472. The smallest absolute Gasteiger partial charge is 0.218 e. The Balaban J connectivity index is 1.92. The highest BCUT2D eigenvalue weighted by molar-refractivity contribution is 7.08. The second kappa shape index (κ2) is 9.94. The molecule has 172 valence electrons. The number of nitrogens with zero attached hydrogens (tertiary/aromatic N) is 4. The number of nitriles is 1. The molecule has 0 fully saturated rings. The van der Waals surface area contributed by atoms with E-state index in [9.17, 15) is 5.26 Å². The van der Waals surface area contributed by atoms with Crippen molar-refractivity contribution in [3.05, 3.63) is 69.4 Å². The van der Waals surface area contributed by atoms with E-state index in [4.69, 9.17) is 16.3 Å². The van der Waals surface area contributed by atoms with Crippen LogP contribution in [0, 0.1) is 25.2 Å². The Labute approximate surface area is 205 Å². The molecule has 0 bridgehead atoms. The maximum Gasteiger partial charge on any atom is 0.218 e. The lowest BCUT2D eigenvalue weighted by Gasteiger charge is -2.23. The van der Waals surface area contributed by atoms with Crippen LogP contribution in [0.5, 0.6) is 10.8 Å². The van der Waals surface area contributed by atoms with Crippen LogP contribution in [0.2, 0.25) is 5.02 Å². The van der Waals surface area contributed by atoms with Crippen LogP contribution in [0.25, 0.3) is 0 Å². The van der Waals surface area contributed by atoms with Crippen molar-refractivity contribution in [1.82, 2.24) is 9.27 Å². The summed E-state index contributed by atoms with van der Waals surface area (Å²) in [5, 5.41) is 11.1. The molecule has 2 aromatic carbocycles. The zero-order valence-corrected chi connectivity index (χ0v) is 21.7. The molecule has 3 aromatic rings. The van der Waals surface area contributed by atoms with E-state index in [1.165, 1.54) is 11.5 Å². The van der Waals surface area contributed by atoms with Crippen molar-refractivity contribution < 1.29 is 4.74 Å². The predicted molar refractivity (Wildman–Crippen MR) is 137 cm³/mol. The lowest BCUT2D eigenvalue weighted by Crippen LogP contribution is -2.24. The third-order valence-corrected chi connectivity index (χ3v) is 6.80. The summed E-state index contributed by atoms with van der Waals surface area (Å²) >= 11 is 7.25. The summed E-state index contributed by atoms with van der Waals surface area (Å²) in [6.45, 7) is 12.3. The molecular formula is C26H29ClN4OS. The molecule has 0 atom stereocenters. The van der Waals surface area contributed by atoms with Crippen molar-refractivity contribution in [2.75, 3.05) is 7.05 Å². The number of benzene rings is 2. The number of ether oxygens (including phenoxy) is 1. The van der Waals surface area contributed by atoms with Gasteiger partial charge in [-0.1, -0.05) is 37.6 Å². The van der Waals surface area contributed by atoms with Gasteiger partial charge in [0, 0.05) is 35.1 Å². The molecule has 33 heavy (non-hydrogen) atoms. The first kappa shape index (κ1) is 24.8. The zero-order chi connectivity index (χ0) is 24.3. The van der Waals surface area contributed by atoms with Crippen LogP contribution in [0.4, 0.5) is 5.69 Å². The Morgan fingerprint density at radius 1 is 1.18 bits per heavy atom. The van der Waals surface area contributed by atoms with E-state index in [0.29, 0.717) is 33.1 Å². The van der Waals surface area contributed by atoms with Crippen LogP contribution in [0.15, 0.2) is 41.4 Å². The number of hydrogen-bond donors (Lipinski definition) is 0. The first-order valence-electron chi connectivity index (χ1n) is 10.8. The van der Waals surface area contributed by atoms with Gasteiger partial charge in [0.2, 0.25) is 5.06 Å². The summed E-state index contributed by atoms with van der Waals surface area (Å²) in [5.41, 5.74) is 4.53. The van der Waals surface area contributed by atoms with E-state index in [1.54, 1.807) is 0 Å². The van der Waals surface area contributed by atoms with Crippen LogP contribution < -0.4 is 4.74 Å². The summed E-state index contributed by atoms with van der Waals surface area (Å²) in [7, 11) is 2.00. The monoisotopic (exact) mass is 480 g/mol. The number of aromatic nitrogens is 1. The van der Waals surface area contributed by atoms with Gasteiger partial charge in [0.1, 0.15) is 17.4 Å². The van der Waals surface area contributed by atoms with E-state index in [2.05, 4.69) is 34.2 Å². The van der Waals surface area contributed by atoms with Crippen LogP contribution in [-0.4, -0.2) is 28.7 Å². The van der Waals surface area contributed by atoms with Crippen molar-refractivity contribution in [3.63, 3.8) is 0 Å². The van der Waals surface area contributed by atoms with Gasteiger partial charge in [0.25, 0.3) is 0 Å². The Hall–Kier alpha value is -2.88. The molecule has 1 heterocycles. The standard InChI is InChI=1S/C26H29ClN4OS/c1-16(2)31(7)15-29-22-12-18(4)23(13-17(22)3)32-25-21(14-28)24(30-33-25)26(5,6)19-8-10-20(27)11-9-19/h8-13,15-16H,1-7H3/b29-15-. The van der Waals surface area contributed by atoms with E-state index in [1.807, 2.05) is 77.5 Å². The number of hydrogen-bond acceptors (Lipinski definition) is 5. The van der Waals surface area contributed by atoms with Crippen molar-refractivity contribution in [2.24, 2.45) is 4.99 Å². The molecule has 0 aliphatic rings. The lowest BCUT2D eigenvalue weighted by molar-refractivity contribution is 0.429. The average Bonchev–Trinajstić information content (AvgIpc) is 3.18. The fraction of sp³-hybridized carbons (Fsp3) is 0.346. The third kappa shape index (κ3) is 5.38. The molecule has 1 aromatic heterocycles. The van der Waals surface area contributed by atoms with Crippen LogP contribution >= 0.6 is 23.1 Å². The highest BCUT2D eigenvalue weighted by atomic mass is 35.5. The number of halogens is 1. The first-order valence-corrected chi connectivity index (χ1v) is 11.9. The molecule has 0 saturated carbocycles. The van der Waals surface area contributed by atoms with Crippen LogP contribution in [0.1, 0.15) is 55.6 Å². The zero-order valence-electron chi connectivity index (χ0n) is 20.1. The van der Waals surface area contributed by atoms with Gasteiger partial charge < -0.3 is 9.64 Å². The molecule has 0 radical (unpaired) electrons. The van der Waals surface area contributed by atoms with E-state index in [-0.39, 0.29) is 0 Å². The Kier molecular flexibility index (Phi) is 7.46. The minimum Gasteiger partial charge on any atom is -0.443 e. The van der Waals surface area contributed by atoms with Gasteiger partial charge in [-0.3, -0.25) is 0 Å². The first-order chi connectivity index (χ1) is 15.5. The largest absolute Gasteiger partial charge is 0.443 e. The second-order valence-corrected chi connectivity index (χ2v) is 10.1. The maximum absolute atomic E-state index is 9.95. The minimum absolute atomic E-state index is 0.375. The van der Waals surface area contributed by atoms with Crippen molar-refractivity contribution in [3.8, 4) is 16.9 Å². The molecule has 7 heteroatoms. The van der Waals surface area contributed by atoms with Gasteiger partial charge in [-0.05, 0) is 68.7 Å². The van der Waals surface area contributed by atoms with Gasteiger partial charge in [-0.15, -0.1) is 0 Å². The Bertz CT molecular complexity index is 1210. The molecule has 5 nitrogen and oxygen atoms in total. The van der Waals surface area contributed by atoms with Crippen molar-refractivity contribution in [1.29, 1.82) is 5.26 Å². The molecule has 0 aliphatic carbocycles. The third-order valence-electron chi connectivity index (χ3n) is 5.82. The molecule has 0 unspecified atom stereocenters. The quantitative estimate of drug-likeness (QED) is 0.261. The second-order valence-electron chi connectivity index (χ2n) is 8.95. The SMILES string of the molecule is Cc1cc(Oc2snc(C(C)(C)c3ccc(Cl)cc3)c2C#N)c(C)cc1/N=C\N(C)C(C)C. The molecule has 0 amide bonds. The van der Waals surface area contributed by atoms with Gasteiger partial charge in [0.05, 0.1) is 17.7 Å². The Morgan fingerprint density at radius 2 is 1.85 bits per heavy atom. The fourth-order valence-corrected chi connectivity index (χ4v) is 4.26. The normalized spacial score (nSPS) is 11.8. The molecular weight excluding hydrogens is 452 g/mol. The summed E-state index contributed by atoms with van der Waals surface area (Å²) in [4.78, 5) is 6.67. The van der Waals surface area contributed by atoms with Crippen LogP contribution in [-0.2, 0) is 5.41 Å². The molecule has 3 rings (SSSR count). The predicted octanol–water partition coefficient (Wildman–Crippen LogP) is 7.40. The van der Waals surface area contributed by atoms with Gasteiger partial charge in [-0.2, -0.15) is 9.64 Å². The van der Waals surface area contributed by atoms with Gasteiger partial charge in [0.15, 0.2) is 0 Å². The molecule has 0 aliphatic heterocycles. The number of aliphatic imine (C=N–C) groups is 1. The summed E-state index contributed by atoms with van der Waals surface area (Å²) < 4.78 is 10.8. The van der Waals surface area contributed by atoms with E-state index in [0.717, 1.165) is 22.4 Å². The van der Waals surface area contributed by atoms with Crippen LogP contribution in [0.3, 0.4) is 0 Å². The van der Waals surface area contributed by atoms with E-state index < -0.39 is 5.41 Å².